The normalized spacial score (nSPS) is 27.5. The Morgan fingerprint density at radius 1 is 1.19 bits per heavy atom. The number of piperidine rings is 1. The fourth-order valence-electron chi connectivity index (χ4n) is 4.46. The van der Waals surface area contributed by atoms with E-state index in [1.807, 2.05) is 6.07 Å². The first-order valence-corrected chi connectivity index (χ1v) is 10.9. The summed E-state index contributed by atoms with van der Waals surface area (Å²) in [6.45, 7) is 3.77. The van der Waals surface area contributed by atoms with E-state index in [-0.39, 0.29) is 11.9 Å². The van der Waals surface area contributed by atoms with Crippen LogP contribution in [0.5, 0.6) is 0 Å². The highest BCUT2D eigenvalue weighted by Gasteiger charge is 2.29. The van der Waals surface area contributed by atoms with Crippen LogP contribution in [0.25, 0.3) is 10.2 Å². The van der Waals surface area contributed by atoms with E-state index in [4.69, 9.17) is 4.98 Å². The Hall–Kier alpha value is -1.46. The average molecular weight is 372 g/mol. The minimum atomic E-state index is 0.191. The Labute approximate surface area is 160 Å². The average Bonchev–Trinajstić information content (AvgIpc) is 3.08. The highest BCUT2D eigenvalue weighted by atomic mass is 32.1. The van der Waals surface area contributed by atoms with Gasteiger partial charge in [-0.15, -0.1) is 11.3 Å². The summed E-state index contributed by atoms with van der Waals surface area (Å²) in [5.74, 6) is 0.797. The van der Waals surface area contributed by atoms with Crippen LogP contribution < -0.4 is 5.32 Å². The molecule has 4 rings (SSSR count). The van der Waals surface area contributed by atoms with E-state index in [1.54, 1.807) is 11.3 Å². The van der Waals surface area contributed by atoms with E-state index < -0.39 is 0 Å². The van der Waals surface area contributed by atoms with Crippen molar-refractivity contribution in [3.63, 3.8) is 0 Å². The molecule has 26 heavy (non-hydrogen) atoms. The van der Waals surface area contributed by atoms with Crippen LogP contribution in [0.15, 0.2) is 24.3 Å². The molecule has 140 valence electrons. The highest BCUT2D eigenvalue weighted by molar-refractivity contribution is 7.18. The van der Waals surface area contributed by atoms with Crippen LogP contribution in [-0.4, -0.2) is 34.9 Å². The van der Waals surface area contributed by atoms with Crippen LogP contribution in [0.2, 0.25) is 0 Å². The molecule has 4 nitrogen and oxygen atoms in total. The molecule has 2 heterocycles. The number of amides is 1. The van der Waals surface area contributed by atoms with Crippen LogP contribution in [0.3, 0.4) is 0 Å². The van der Waals surface area contributed by atoms with Crippen LogP contribution >= 0.6 is 11.3 Å². The number of rotatable bonds is 4. The SMILES string of the molecule is C[C@H]1CCCC[C@@H]1NC(=O)CN1CCCC[C@@H]1c1nc2ccccc2s1. The summed E-state index contributed by atoms with van der Waals surface area (Å²) in [5, 5.41) is 4.49. The van der Waals surface area contributed by atoms with Gasteiger partial charge in [0.05, 0.1) is 22.8 Å². The molecule has 3 atom stereocenters. The molecular formula is C21H29N3OS. The second-order valence-corrected chi connectivity index (χ2v) is 9.00. The van der Waals surface area contributed by atoms with Gasteiger partial charge >= 0.3 is 0 Å². The molecular weight excluding hydrogens is 342 g/mol. The molecule has 1 saturated carbocycles. The summed E-state index contributed by atoms with van der Waals surface area (Å²) in [6, 6.07) is 8.99. The van der Waals surface area contributed by atoms with E-state index in [1.165, 1.54) is 41.8 Å². The highest BCUT2D eigenvalue weighted by Crippen LogP contribution is 2.35. The molecule has 0 radical (unpaired) electrons. The van der Waals surface area contributed by atoms with Crippen molar-refractivity contribution in [3.8, 4) is 0 Å². The lowest BCUT2D eigenvalue weighted by Gasteiger charge is -2.35. The fraction of sp³-hybridized carbons (Fsp3) is 0.619. The van der Waals surface area contributed by atoms with E-state index in [0.29, 0.717) is 18.5 Å². The second kappa shape index (κ2) is 8.05. The van der Waals surface area contributed by atoms with Gasteiger partial charge in [0.15, 0.2) is 0 Å². The van der Waals surface area contributed by atoms with Gasteiger partial charge in [0.1, 0.15) is 5.01 Å². The maximum atomic E-state index is 12.7. The van der Waals surface area contributed by atoms with Gasteiger partial charge in [-0.1, -0.05) is 38.3 Å². The first-order chi connectivity index (χ1) is 12.7. The topological polar surface area (TPSA) is 45.2 Å². The fourth-order valence-corrected chi connectivity index (χ4v) is 5.60. The lowest BCUT2D eigenvalue weighted by molar-refractivity contribution is -0.124. The van der Waals surface area contributed by atoms with Crippen LogP contribution in [0, 0.1) is 5.92 Å². The quantitative estimate of drug-likeness (QED) is 0.859. The smallest absolute Gasteiger partial charge is 0.234 e. The molecule has 1 N–H and O–H groups in total. The van der Waals surface area contributed by atoms with Crippen molar-refractivity contribution in [1.29, 1.82) is 0 Å². The second-order valence-electron chi connectivity index (χ2n) is 7.94. The van der Waals surface area contributed by atoms with Crippen molar-refractivity contribution in [2.45, 2.75) is 64.0 Å². The molecule has 0 spiro atoms. The first-order valence-electron chi connectivity index (χ1n) is 10.1. The van der Waals surface area contributed by atoms with Gasteiger partial charge in [-0.2, -0.15) is 0 Å². The number of nitrogens with one attached hydrogen (secondary N) is 1. The maximum Gasteiger partial charge on any atom is 0.234 e. The summed E-state index contributed by atoms with van der Waals surface area (Å²) in [5.41, 5.74) is 1.08. The predicted octanol–water partition coefficient (Wildman–Crippen LogP) is 4.52. The van der Waals surface area contributed by atoms with Crippen LogP contribution in [0.4, 0.5) is 0 Å². The standard InChI is InChI=1S/C21H29N3OS/c1-15-8-2-3-9-16(15)22-20(25)14-24-13-7-6-11-18(24)21-23-17-10-4-5-12-19(17)26-21/h4-5,10,12,15-16,18H,2-3,6-9,11,13-14H2,1H3,(H,22,25)/t15-,16-,18+/m0/s1. The summed E-state index contributed by atoms with van der Waals surface area (Å²) >= 11 is 1.79. The zero-order valence-corrected chi connectivity index (χ0v) is 16.4. The Morgan fingerprint density at radius 3 is 2.85 bits per heavy atom. The van der Waals surface area contributed by atoms with E-state index in [2.05, 4.69) is 35.3 Å². The number of thiazole rings is 1. The monoisotopic (exact) mass is 371 g/mol. The Bertz CT molecular complexity index is 726. The van der Waals surface area contributed by atoms with E-state index in [0.717, 1.165) is 24.9 Å². The number of para-hydroxylation sites is 1. The molecule has 5 heteroatoms. The van der Waals surface area contributed by atoms with Crippen molar-refractivity contribution in [2.24, 2.45) is 5.92 Å². The molecule has 1 aromatic heterocycles. The zero-order valence-electron chi connectivity index (χ0n) is 15.6. The van der Waals surface area contributed by atoms with Gasteiger partial charge < -0.3 is 5.32 Å². The number of aromatic nitrogens is 1. The summed E-state index contributed by atoms with van der Waals surface area (Å²) < 4.78 is 1.24. The molecule has 1 aliphatic heterocycles. The number of carbonyl (C=O) groups excluding carboxylic acids is 1. The lowest BCUT2D eigenvalue weighted by atomic mass is 9.86. The molecule has 2 fully saturated rings. The number of likely N-dealkylation sites (tertiary alicyclic amines) is 1. The van der Waals surface area contributed by atoms with Gasteiger partial charge in [-0.05, 0) is 50.3 Å². The summed E-state index contributed by atoms with van der Waals surface area (Å²) in [6.07, 6.45) is 8.42. The molecule has 0 bridgehead atoms. The van der Waals surface area contributed by atoms with Gasteiger partial charge in [-0.3, -0.25) is 9.69 Å². The molecule has 2 aromatic rings. The predicted molar refractivity (Wildman–Crippen MR) is 107 cm³/mol. The Morgan fingerprint density at radius 2 is 2.00 bits per heavy atom. The number of benzene rings is 1. The van der Waals surface area contributed by atoms with Crippen molar-refractivity contribution < 1.29 is 4.79 Å². The molecule has 0 unspecified atom stereocenters. The van der Waals surface area contributed by atoms with E-state index in [9.17, 15) is 4.79 Å². The third kappa shape index (κ3) is 3.94. The van der Waals surface area contributed by atoms with E-state index >= 15 is 0 Å². The molecule has 2 aliphatic rings. The van der Waals surface area contributed by atoms with Gasteiger partial charge in [0.25, 0.3) is 0 Å². The number of fused-ring (bicyclic) bond motifs is 1. The van der Waals surface area contributed by atoms with Gasteiger partial charge in [0, 0.05) is 6.04 Å². The largest absolute Gasteiger partial charge is 0.352 e. The lowest BCUT2D eigenvalue weighted by Crippen LogP contribution is -2.47. The van der Waals surface area contributed by atoms with Crippen LogP contribution in [-0.2, 0) is 4.79 Å². The third-order valence-electron chi connectivity index (χ3n) is 6.01. The Kier molecular flexibility index (Phi) is 5.55. The Balaban J connectivity index is 1.44. The van der Waals surface area contributed by atoms with Gasteiger partial charge in [-0.25, -0.2) is 4.98 Å². The number of hydrogen-bond acceptors (Lipinski definition) is 4. The molecule has 1 amide bonds. The summed E-state index contributed by atoms with van der Waals surface area (Å²) in [7, 11) is 0. The third-order valence-corrected chi connectivity index (χ3v) is 7.15. The maximum absolute atomic E-state index is 12.7. The minimum absolute atomic E-state index is 0.191. The molecule has 1 saturated heterocycles. The minimum Gasteiger partial charge on any atom is -0.352 e. The summed E-state index contributed by atoms with van der Waals surface area (Å²) in [4.78, 5) is 19.9. The first kappa shape index (κ1) is 17.9. The van der Waals surface area contributed by atoms with Gasteiger partial charge in [0.2, 0.25) is 5.91 Å². The van der Waals surface area contributed by atoms with Crippen molar-refractivity contribution in [1.82, 2.24) is 15.2 Å². The number of hydrogen-bond donors (Lipinski definition) is 1. The van der Waals surface area contributed by atoms with Crippen molar-refractivity contribution in [3.05, 3.63) is 29.3 Å². The molecule has 1 aliphatic carbocycles. The number of carbonyl (C=O) groups is 1. The number of nitrogens with zero attached hydrogens (tertiary/aromatic N) is 2. The molecule has 1 aromatic carbocycles. The van der Waals surface area contributed by atoms with Crippen LogP contribution in [0.1, 0.15) is 62.9 Å². The zero-order chi connectivity index (χ0) is 17.9. The van der Waals surface area contributed by atoms with Crippen molar-refractivity contribution in [2.75, 3.05) is 13.1 Å². The van der Waals surface area contributed by atoms with Crippen molar-refractivity contribution >= 4 is 27.5 Å².